The molecule has 3 aliphatic rings. The van der Waals surface area contributed by atoms with Gasteiger partial charge >= 0.3 is 0 Å². The quantitative estimate of drug-likeness (QED) is 0.725. The van der Waals surface area contributed by atoms with E-state index in [0.717, 1.165) is 16.7 Å². The number of nitrogens with two attached hydrogens (primary N) is 1. The first kappa shape index (κ1) is 20.4. The molecule has 0 aromatic heterocycles. The van der Waals surface area contributed by atoms with E-state index in [1.165, 1.54) is 12.2 Å². The Hall–Kier alpha value is -2.86. The molecule has 0 spiro atoms. The Labute approximate surface area is 179 Å². The summed E-state index contributed by atoms with van der Waals surface area (Å²) in [6, 6.07) is 5.05. The maximum atomic E-state index is 15.4. The van der Waals surface area contributed by atoms with Gasteiger partial charge in [-0.2, -0.15) is 0 Å². The highest BCUT2D eigenvalue weighted by Crippen LogP contribution is 2.48. The van der Waals surface area contributed by atoms with Crippen LogP contribution in [0.2, 0.25) is 0 Å². The summed E-state index contributed by atoms with van der Waals surface area (Å²) in [5.41, 5.74) is 9.55. The van der Waals surface area contributed by atoms with Gasteiger partial charge in [-0.15, -0.1) is 0 Å². The average Bonchev–Trinajstić information content (AvgIpc) is 3.01. The van der Waals surface area contributed by atoms with Gasteiger partial charge in [0.1, 0.15) is 5.83 Å². The van der Waals surface area contributed by atoms with Crippen molar-refractivity contribution in [2.75, 3.05) is 6.54 Å². The van der Waals surface area contributed by atoms with Gasteiger partial charge in [0.15, 0.2) is 0 Å². The Morgan fingerprint density at radius 1 is 1.40 bits per heavy atom. The summed E-state index contributed by atoms with van der Waals surface area (Å²) in [4.78, 5) is 25.9. The van der Waals surface area contributed by atoms with E-state index in [2.05, 4.69) is 11.9 Å². The fraction of sp³-hybridized carbons (Fsp3) is 0.304. The summed E-state index contributed by atoms with van der Waals surface area (Å²) in [6.45, 7) is 7.85. The lowest BCUT2D eigenvalue weighted by Gasteiger charge is -2.37. The van der Waals surface area contributed by atoms with Crippen molar-refractivity contribution in [1.82, 2.24) is 10.2 Å². The van der Waals surface area contributed by atoms with Crippen molar-refractivity contribution in [3.63, 3.8) is 0 Å². The van der Waals surface area contributed by atoms with E-state index >= 15 is 4.39 Å². The molecule has 1 aliphatic carbocycles. The number of amides is 2. The topological polar surface area (TPSA) is 75.4 Å². The Morgan fingerprint density at radius 2 is 2.13 bits per heavy atom. The van der Waals surface area contributed by atoms with E-state index in [1.54, 1.807) is 11.8 Å². The number of rotatable bonds is 3. The summed E-state index contributed by atoms with van der Waals surface area (Å²) in [5, 5.41) is 3.66. The first-order valence-electron chi connectivity index (χ1n) is 9.85. The van der Waals surface area contributed by atoms with Crippen LogP contribution in [0, 0.1) is 5.92 Å². The lowest BCUT2D eigenvalue weighted by molar-refractivity contribution is -0.128. The molecule has 2 aliphatic heterocycles. The molecule has 7 heteroatoms. The number of halogens is 2. The van der Waals surface area contributed by atoms with Gasteiger partial charge in [-0.25, -0.2) is 4.39 Å². The zero-order valence-electron chi connectivity index (χ0n) is 16.8. The number of carbonyl (C=O) groups is 2. The van der Waals surface area contributed by atoms with Gasteiger partial charge in [0, 0.05) is 34.3 Å². The number of nitrogens with zero attached hydrogens (tertiary/aromatic N) is 1. The largest absolute Gasteiger partial charge is 0.380 e. The van der Waals surface area contributed by atoms with Gasteiger partial charge in [-0.05, 0) is 49.1 Å². The molecular formula is C23H23ClFN3O2. The van der Waals surface area contributed by atoms with Crippen LogP contribution in [0.15, 0.2) is 59.1 Å². The van der Waals surface area contributed by atoms with E-state index < -0.39 is 23.7 Å². The molecule has 0 saturated carbocycles. The second-order valence-corrected chi connectivity index (χ2v) is 8.24. The molecule has 1 aromatic rings. The average molecular weight is 428 g/mol. The van der Waals surface area contributed by atoms with Crippen LogP contribution in [0.1, 0.15) is 36.6 Å². The fourth-order valence-corrected chi connectivity index (χ4v) is 5.12. The van der Waals surface area contributed by atoms with Crippen molar-refractivity contribution in [3.8, 4) is 0 Å². The third-order valence-electron chi connectivity index (χ3n) is 6.29. The predicted octanol–water partition coefficient (Wildman–Crippen LogP) is 3.48. The number of hydrogen-bond acceptors (Lipinski definition) is 3. The van der Waals surface area contributed by atoms with Crippen molar-refractivity contribution in [3.05, 3.63) is 75.7 Å². The molecule has 2 amide bonds. The number of primary amides is 1. The number of nitrogens with one attached hydrogen (secondary N) is 1. The number of carbonyl (C=O) groups excluding carboxylic acids is 2. The molecule has 5 nitrogen and oxygen atoms in total. The molecule has 30 heavy (non-hydrogen) atoms. The Kier molecular flexibility index (Phi) is 5.06. The monoisotopic (exact) mass is 427 g/mol. The summed E-state index contributed by atoms with van der Waals surface area (Å²) in [6.07, 6.45) is 3.12. The van der Waals surface area contributed by atoms with Gasteiger partial charge in [-0.1, -0.05) is 36.4 Å². The van der Waals surface area contributed by atoms with E-state index in [-0.39, 0.29) is 17.5 Å². The third kappa shape index (κ3) is 2.98. The predicted molar refractivity (Wildman–Crippen MR) is 115 cm³/mol. The number of allylic oxidation sites excluding steroid dienone is 3. The molecule has 156 valence electrons. The molecule has 3 N–H and O–H groups in total. The number of benzene rings is 1. The maximum Gasteiger partial charge on any atom is 0.246 e. The van der Waals surface area contributed by atoms with Crippen LogP contribution in [0.4, 0.5) is 4.39 Å². The molecule has 0 bridgehead atoms. The molecule has 2 heterocycles. The first-order valence-corrected chi connectivity index (χ1v) is 10.2. The number of hydrogen-bond donors (Lipinski definition) is 2. The third-order valence-corrected chi connectivity index (χ3v) is 6.81. The van der Waals surface area contributed by atoms with Crippen LogP contribution in [0.5, 0.6) is 0 Å². The molecule has 3 atom stereocenters. The first-order chi connectivity index (χ1) is 14.3. The summed E-state index contributed by atoms with van der Waals surface area (Å²) in [7, 11) is 0. The van der Waals surface area contributed by atoms with Gasteiger partial charge < -0.3 is 16.0 Å². The van der Waals surface area contributed by atoms with Crippen molar-refractivity contribution in [2.45, 2.75) is 32.4 Å². The van der Waals surface area contributed by atoms with Crippen LogP contribution >= 0.6 is 11.6 Å². The second-order valence-electron chi connectivity index (χ2n) is 7.83. The highest BCUT2D eigenvalue weighted by Gasteiger charge is 2.44. The van der Waals surface area contributed by atoms with Crippen LogP contribution in [0.3, 0.4) is 0 Å². The van der Waals surface area contributed by atoms with Crippen molar-refractivity contribution in [2.24, 2.45) is 11.7 Å². The van der Waals surface area contributed by atoms with Crippen molar-refractivity contribution in [1.29, 1.82) is 0 Å². The van der Waals surface area contributed by atoms with Gasteiger partial charge in [0.05, 0.1) is 12.1 Å². The SMILES string of the molecule is C=CC(=O)N1CCc2c(C3=C(F)C=C(C(N)=O)C4NC(C)=C(Cl)C34)cccc2C1C. The summed E-state index contributed by atoms with van der Waals surface area (Å²) < 4.78 is 15.4. The van der Waals surface area contributed by atoms with Crippen molar-refractivity contribution >= 4 is 29.0 Å². The highest BCUT2D eigenvalue weighted by molar-refractivity contribution is 6.31. The number of fused-ring (bicyclic) bond motifs is 2. The van der Waals surface area contributed by atoms with Gasteiger partial charge in [0.2, 0.25) is 11.8 Å². The van der Waals surface area contributed by atoms with E-state index in [4.69, 9.17) is 17.3 Å². The minimum Gasteiger partial charge on any atom is -0.380 e. The van der Waals surface area contributed by atoms with E-state index in [0.29, 0.717) is 29.3 Å². The van der Waals surface area contributed by atoms with Crippen molar-refractivity contribution < 1.29 is 14.0 Å². The van der Waals surface area contributed by atoms with E-state index in [1.807, 2.05) is 25.1 Å². The molecule has 1 aromatic carbocycles. The Balaban J connectivity index is 1.88. The fourth-order valence-electron chi connectivity index (χ4n) is 4.83. The second kappa shape index (κ2) is 7.43. The molecule has 3 unspecified atom stereocenters. The molecule has 0 saturated heterocycles. The van der Waals surface area contributed by atoms with Crippen LogP contribution in [-0.2, 0) is 16.0 Å². The lowest BCUT2D eigenvalue weighted by atomic mass is 9.76. The van der Waals surface area contributed by atoms with Crippen LogP contribution in [0.25, 0.3) is 5.57 Å². The zero-order valence-corrected chi connectivity index (χ0v) is 17.6. The standard InChI is InChI=1S/C23H23ClFN3O2/c1-4-18(29)28-9-8-14-13(12(28)3)6-5-7-15(14)19-17(25)10-16(23(26)30)22-20(19)21(24)11(2)27-22/h4-7,10,12,20,22,27H,1,8-9H2,2-3H3,(H2,26,30). The Morgan fingerprint density at radius 3 is 2.80 bits per heavy atom. The normalized spacial score (nSPS) is 25.4. The van der Waals surface area contributed by atoms with Crippen LogP contribution < -0.4 is 11.1 Å². The molecule has 0 radical (unpaired) electrons. The summed E-state index contributed by atoms with van der Waals surface area (Å²) in [5.74, 6) is -1.84. The van der Waals surface area contributed by atoms with Gasteiger partial charge in [0.25, 0.3) is 0 Å². The van der Waals surface area contributed by atoms with Crippen LogP contribution in [-0.4, -0.2) is 29.3 Å². The molecule has 0 fully saturated rings. The molecule has 4 rings (SSSR count). The zero-order chi connectivity index (χ0) is 21.7. The Bertz CT molecular complexity index is 1070. The maximum absolute atomic E-state index is 15.4. The smallest absolute Gasteiger partial charge is 0.246 e. The highest BCUT2D eigenvalue weighted by atomic mass is 35.5. The summed E-state index contributed by atoms with van der Waals surface area (Å²) >= 11 is 6.58. The van der Waals surface area contributed by atoms with E-state index in [9.17, 15) is 9.59 Å². The lowest BCUT2D eigenvalue weighted by Crippen LogP contribution is -2.40. The minimum absolute atomic E-state index is 0.127. The molecular weight excluding hydrogens is 405 g/mol. The van der Waals surface area contributed by atoms with Gasteiger partial charge in [-0.3, -0.25) is 9.59 Å². The minimum atomic E-state index is -0.673.